The Balaban J connectivity index is 2.18. The van der Waals surface area contributed by atoms with E-state index in [9.17, 15) is 0 Å². The zero-order valence-corrected chi connectivity index (χ0v) is 9.76. The summed E-state index contributed by atoms with van der Waals surface area (Å²) in [7, 11) is 0. The molecule has 2 N–H and O–H groups in total. The molecule has 0 aliphatic carbocycles. The normalized spacial score (nSPS) is 12.7. The lowest BCUT2D eigenvalue weighted by molar-refractivity contribution is 0.808. The summed E-state index contributed by atoms with van der Waals surface area (Å²) in [5.74, 6) is 0. The van der Waals surface area contributed by atoms with Crippen molar-refractivity contribution in [2.45, 2.75) is 22.3 Å². The minimum atomic E-state index is 0.0294. The second-order valence-electron chi connectivity index (χ2n) is 3.03. The molecule has 0 aliphatic rings. The second-order valence-corrected chi connectivity index (χ2v) is 5.07. The van der Waals surface area contributed by atoms with Crippen molar-refractivity contribution in [3.63, 3.8) is 0 Å². The van der Waals surface area contributed by atoms with Crippen LogP contribution in [-0.4, -0.2) is 14.3 Å². The molecule has 2 aromatic rings. The van der Waals surface area contributed by atoms with Gasteiger partial charge in [-0.2, -0.15) is 4.37 Å². The van der Waals surface area contributed by atoms with Crippen molar-refractivity contribution in [3.05, 3.63) is 30.2 Å². The van der Waals surface area contributed by atoms with E-state index >= 15 is 0 Å². The number of hydrogen-bond acceptors (Lipinski definition) is 6. The Labute approximate surface area is 96.1 Å². The van der Waals surface area contributed by atoms with Gasteiger partial charge in [-0.05, 0) is 47.9 Å². The van der Waals surface area contributed by atoms with Gasteiger partial charge >= 0.3 is 0 Å². The fraction of sp³-hybridized carbons (Fsp3) is 0.222. The van der Waals surface area contributed by atoms with Gasteiger partial charge in [0.15, 0.2) is 4.34 Å². The highest BCUT2D eigenvalue weighted by molar-refractivity contribution is 8.00. The van der Waals surface area contributed by atoms with Gasteiger partial charge in [0.1, 0.15) is 11.4 Å². The average Bonchev–Trinajstić information content (AvgIpc) is 2.71. The number of nitrogens with zero attached hydrogens (tertiary/aromatic N) is 3. The molecule has 0 spiro atoms. The Morgan fingerprint density at radius 1 is 1.47 bits per heavy atom. The van der Waals surface area contributed by atoms with Gasteiger partial charge in [-0.15, -0.1) is 0 Å². The fourth-order valence-corrected chi connectivity index (χ4v) is 2.46. The van der Waals surface area contributed by atoms with E-state index in [4.69, 9.17) is 5.73 Å². The smallest absolute Gasteiger partial charge is 0.175 e. The molecule has 2 rings (SSSR count). The minimum Gasteiger partial charge on any atom is -0.324 e. The first-order valence-corrected chi connectivity index (χ1v) is 6.01. The maximum Gasteiger partial charge on any atom is 0.175 e. The van der Waals surface area contributed by atoms with Crippen molar-refractivity contribution in [2.24, 2.45) is 5.73 Å². The number of pyridine rings is 1. The van der Waals surface area contributed by atoms with Gasteiger partial charge in [0.2, 0.25) is 0 Å². The first-order chi connectivity index (χ1) is 7.25. The Hall–Kier alpha value is -0.980. The number of nitrogens with two attached hydrogens (primary N) is 1. The lowest BCUT2D eigenvalue weighted by Gasteiger charge is -2.05. The quantitative estimate of drug-likeness (QED) is 0.887. The molecule has 15 heavy (non-hydrogen) atoms. The molecule has 0 radical (unpaired) electrons. The first kappa shape index (κ1) is 10.5. The minimum absolute atomic E-state index is 0.0294. The molecule has 0 aliphatic heterocycles. The van der Waals surface area contributed by atoms with Crippen LogP contribution < -0.4 is 5.73 Å². The van der Waals surface area contributed by atoms with Crippen LogP contribution in [0.5, 0.6) is 0 Å². The fourth-order valence-electron chi connectivity index (χ4n) is 1.06. The van der Waals surface area contributed by atoms with Crippen LogP contribution in [0.3, 0.4) is 0 Å². The predicted molar refractivity (Wildman–Crippen MR) is 60.9 cm³/mol. The molecule has 6 heteroatoms. The van der Waals surface area contributed by atoms with Crippen LogP contribution in [0, 0.1) is 0 Å². The van der Waals surface area contributed by atoms with Crippen molar-refractivity contribution in [2.75, 3.05) is 0 Å². The van der Waals surface area contributed by atoms with E-state index in [-0.39, 0.29) is 6.04 Å². The van der Waals surface area contributed by atoms with Crippen LogP contribution in [0.15, 0.2) is 34.0 Å². The molecule has 0 saturated heterocycles. The summed E-state index contributed by atoms with van der Waals surface area (Å²) < 4.78 is 4.83. The highest BCUT2D eigenvalue weighted by Gasteiger charge is 2.05. The molecule has 0 aromatic carbocycles. The van der Waals surface area contributed by atoms with Crippen molar-refractivity contribution in [1.29, 1.82) is 0 Å². The SMILES string of the molecule is C[C@@H](N)c1ccnc(Sc2ncns2)c1. The molecule has 0 unspecified atom stereocenters. The number of aromatic nitrogens is 3. The lowest BCUT2D eigenvalue weighted by Crippen LogP contribution is -2.04. The summed E-state index contributed by atoms with van der Waals surface area (Å²) in [6.07, 6.45) is 3.31. The summed E-state index contributed by atoms with van der Waals surface area (Å²) in [6, 6.07) is 3.94. The summed E-state index contributed by atoms with van der Waals surface area (Å²) >= 11 is 2.87. The number of hydrogen-bond donors (Lipinski definition) is 1. The zero-order valence-electron chi connectivity index (χ0n) is 8.12. The maximum absolute atomic E-state index is 5.79. The van der Waals surface area contributed by atoms with Crippen LogP contribution in [0.1, 0.15) is 18.5 Å². The Kier molecular flexibility index (Phi) is 3.30. The monoisotopic (exact) mass is 238 g/mol. The largest absolute Gasteiger partial charge is 0.324 e. The van der Waals surface area contributed by atoms with Crippen molar-refractivity contribution in [3.8, 4) is 0 Å². The average molecular weight is 238 g/mol. The summed E-state index contributed by atoms with van der Waals surface area (Å²) in [5.41, 5.74) is 6.87. The Morgan fingerprint density at radius 2 is 2.33 bits per heavy atom. The molecule has 0 amide bonds. The molecule has 2 aromatic heterocycles. The second kappa shape index (κ2) is 4.69. The van der Waals surface area contributed by atoms with E-state index in [0.29, 0.717) is 0 Å². The van der Waals surface area contributed by atoms with Crippen LogP contribution in [0.2, 0.25) is 0 Å². The first-order valence-electron chi connectivity index (χ1n) is 4.42. The molecule has 78 valence electrons. The molecule has 1 atom stereocenters. The Bertz CT molecular complexity index is 427. The highest BCUT2D eigenvalue weighted by Crippen LogP contribution is 2.27. The third-order valence-electron chi connectivity index (χ3n) is 1.82. The topological polar surface area (TPSA) is 64.7 Å². The molecule has 4 nitrogen and oxygen atoms in total. The predicted octanol–water partition coefficient (Wildman–Crippen LogP) is 2.10. The van der Waals surface area contributed by atoms with Crippen LogP contribution in [-0.2, 0) is 0 Å². The third-order valence-corrected chi connectivity index (χ3v) is 3.46. The molecule has 0 bridgehead atoms. The van der Waals surface area contributed by atoms with Crippen LogP contribution >= 0.6 is 23.3 Å². The zero-order chi connectivity index (χ0) is 10.7. The highest BCUT2D eigenvalue weighted by atomic mass is 32.2. The van der Waals surface area contributed by atoms with Crippen molar-refractivity contribution < 1.29 is 0 Å². The summed E-state index contributed by atoms with van der Waals surface area (Å²) in [5, 5.41) is 0.904. The maximum atomic E-state index is 5.79. The van der Waals surface area contributed by atoms with Gasteiger partial charge in [0.05, 0.1) is 0 Å². The van der Waals surface area contributed by atoms with Crippen LogP contribution in [0.25, 0.3) is 0 Å². The summed E-state index contributed by atoms with van der Waals surface area (Å²) in [4.78, 5) is 8.33. The van der Waals surface area contributed by atoms with Gasteiger partial charge in [0, 0.05) is 12.2 Å². The van der Waals surface area contributed by atoms with Gasteiger partial charge in [0.25, 0.3) is 0 Å². The molecule has 0 fully saturated rings. The van der Waals surface area contributed by atoms with E-state index in [1.165, 1.54) is 23.3 Å². The standard InChI is InChI=1S/C9H10N4S2/c1-6(10)7-2-3-11-8(4-7)14-9-12-5-13-15-9/h2-6H,10H2,1H3/t6-/m1/s1. The van der Waals surface area contributed by atoms with Gasteiger partial charge in [-0.1, -0.05) is 0 Å². The molecular weight excluding hydrogens is 228 g/mol. The van der Waals surface area contributed by atoms with E-state index in [1.54, 1.807) is 12.5 Å². The van der Waals surface area contributed by atoms with E-state index in [2.05, 4.69) is 14.3 Å². The molecule has 2 heterocycles. The molecule has 0 saturated carbocycles. The summed E-state index contributed by atoms with van der Waals surface area (Å²) in [6.45, 7) is 1.95. The number of rotatable bonds is 3. The van der Waals surface area contributed by atoms with Crippen LogP contribution in [0.4, 0.5) is 0 Å². The Morgan fingerprint density at radius 3 is 3.00 bits per heavy atom. The van der Waals surface area contributed by atoms with Crippen molar-refractivity contribution in [1.82, 2.24) is 14.3 Å². The van der Waals surface area contributed by atoms with E-state index in [0.717, 1.165) is 14.9 Å². The lowest BCUT2D eigenvalue weighted by atomic mass is 10.1. The van der Waals surface area contributed by atoms with E-state index in [1.807, 2.05) is 19.1 Å². The van der Waals surface area contributed by atoms with Crippen molar-refractivity contribution >= 4 is 23.3 Å². The third kappa shape index (κ3) is 2.74. The van der Waals surface area contributed by atoms with Gasteiger partial charge in [-0.25, -0.2) is 9.97 Å². The van der Waals surface area contributed by atoms with Gasteiger partial charge in [-0.3, -0.25) is 0 Å². The van der Waals surface area contributed by atoms with E-state index < -0.39 is 0 Å². The van der Waals surface area contributed by atoms with Gasteiger partial charge < -0.3 is 5.73 Å². The molecular formula is C9H10N4S2.